The van der Waals surface area contributed by atoms with Crippen molar-refractivity contribution < 1.29 is 9.18 Å². The lowest BCUT2D eigenvalue weighted by molar-refractivity contribution is 0.112. The minimum Gasteiger partial charge on any atom is -0.298 e. The molecule has 0 saturated carbocycles. The largest absolute Gasteiger partial charge is 0.298 e. The molecule has 13 heavy (non-hydrogen) atoms. The molecule has 0 amide bonds. The van der Waals surface area contributed by atoms with E-state index in [1.54, 1.807) is 11.4 Å². The average Bonchev–Trinajstić information content (AvgIpc) is 2.48. The van der Waals surface area contributed by atoms with Crippen LogP contribution in [-0.2, 0) is 0 Å². The number of halogens is 1. The Hall–Kier alpha value is -0.870. The van der Waals surface area contributed by atoms with Crippen LogP contribution in [0.25, 0.3) is 10.1 Å². The first-order valence-corrected chi connectivity index (χ1v) is 4.90. The molecule has 4 heteroatoms. The van der Waals surface area contributed by atoms with Crippen LogP contribution in [0.3, 0.4) is 0 Å². The molecule has 1 aromatic heterocycles. The van der Waals surface area contributed by atoms with Gasteiger partial charge in [-0.2, -0.15) is 0 Å². The topological polar surface area (TPSA) is 17.1 Å². The number of carbonyl (C=O) groups excluding carboxylic acids is 1. The number of rotatable bonds is 1. The molecule has 1 aromatic carbocycles. The molecule has 0 aliphatic rings. The van der Waals surface area contributed by atoms with E-state index < -0.39 is 0 Å². The van der Waals surface area contributed by atoms with Gasteiger partial charge in [0.25, 0.3) is 0 Å². The Kier molecular flexibility index (Phi) is 2.09. The molecule has 0 spiro atoms. The van der Waals surface area contributed by atoms with E-state index in [0.717, 1.165) is 0 Å². The molecule has 2 aromatic rings. The Morgan fingerprint density at radius 1 is 1.46 bits per heavy atom. The van der Waals surface area contributed by atoms with Crippen LogP contribution in [-0.4, -0.2) is 6.29 Å². The van der Waals surface area contributed by atoms with Gasteiger partial charge in [0.2, 0.25) is 0 Å². The van der Waals surface area contributed by atoms with E-state index >= 15 is 0 Å². The molecule has 0 fully saturated rings. The molecule has 66 valence electrons. The van der Waals surface area contributed by atoms with Gasteiger partial charge in [-0.25, -0.2) is 4.39 Å². The highest BCUT2D eigenvalue weighted by molar-refractivity contribution is 7.80. The Balaban J connectivity index is 2.87. The van der Waals surface area contributed by atoms with Crippen LogP contribution in [0.5, 0.6) is 0 Å². The van der Waals surface area contributed by atoms with Crippen molar-refractivity contribution in [2.45, 2.75) is 4.90 Å². The fourth-order valence-electron chi connectivity index (χ4n) is 1.17. The number of thiophene rings is 1. The fourth-order valence-corrected chi connectivity index (χ4v) is 2.40. The maximum Gasteiger partial charge on any atom is 0.150 e. The van der Waals surface area contributed by atoms with Crippen molar-refractivity contribution in [2.75, 3.05) is 0 Å². The van der Waals surface area contributed by atoms with Crippen molar-refractivity contribution in [2.24, 2.45) is 0 Å². The van der Waals surface area contributed by atoms with Crippen molar-refractivity contribution in [3.63, 3.8) is 0 Å². The third-order valence-corrected chi connectivity index (χ3v) is 3.32. The monoisotopic (exact) mass is 212 g/mol. The van der Waals surface area contributed by atoms with Gasteiger partial charge in [-0.3, -0.25) is 4.79 Å². The van der Waals surface area contributed by atoms with Gasteiger partial charge in [-0.1, -0.05) is 0 Å². The zero-order chi connectivity index (χ0) is 9.42. The Morgan fingerprint density at radius 2 is 2.23 bits per heavy atom. The summed E-state index contributed by atoms with van der Waals surface area (Å²) in [4.78, 5) is 11.2. The van der Waals surface area contributed by atoms with Gasteiger partial charge in [0, 0.05) is 21.2 Å². The lowest BCUT2D eigenvalue weighted by Crippen LogP contribution is -1.82. The predicted octanol–water partition coefficient (Wildman–Crippen LogP) is 3.14. The van der Waals surface area contributed by atoms with Crippen molar-refractivity contribution in [3.05, 3.63) is 28.9 Å². The van der Waals surface area contributed by atoms with E-state index in [2.05, 4.69) is 12.6 Å². The Bertz CT molecular complexity index is 476. The lowest BCUT2D eigenvalue weighted by atomic mass is 10.2. The highest BCUT2D eigenvalue weighted by atomic mass is 32.1. The van der Waals surface area contributed by atoms with Gasteiger partial charge in [0.1, 0.15) is 12.1 Å². The van der Waals surface area contributed by atoms with E-state index in [4.69, 9.17) is 0 Å². The zero-order valence-corrected chi connectivity index (χ0v) is 8.16. The molecule has 0 bridgehead atoms. The Labute approximate surface area is 83.6 Å². The molecular weight excluding hydrogens is 207 g/mol. The SMILES string of the molecule is O=Cc1cc(F)c2scc(S)c2c1. The summed E-state index contributed by atoms with van der Waals surface area (Å²) in [5.41, 5.74) is 0.346. The van der Waals surface area contributed by atoms with Gasteiger partial charge in [-0.05, 0) is 12.1 Å². The third-order valence-electron chi connectivity index (χ3n) is 1.77. The summed E-state index contributed by atoms with van der Waals surface area (Å²) in [5, 5.41) is 2.46. The van der Waals surface area contributed by atoms with Crippen LogP contribution in [0.1, 0.15) is 10.4 Å². The minimum atomic E-state index is -0.357. The summed E-state index contributed by atoms with van der Waals surface area (Å²) in [7, 11) is 0. The number of hydrogen-bond acceptors (Lipinski definition) is 3. The number of fused-ring (bicyclic) bond motifs is 1. The molecule has 0 aliphatic heterocycles. The summed E-state index contributed by atoms with van der Waals surface area (Å²) in [6, 6.07) is 2.88. The van der Waals surface area contributed by atoms with Crippen LogP contribution in [0.2, 0.25) is 0 Å². The molecule has 0 radical (unpaired) electrons. The quantitative estimate of drug-likeness (QED) is 0.567. The van der Waals surface area contributed by atoms with E-state index in [1.165, 1.54) is 17.4 Å². The van der Waals surface area contributed by atoms with Crippen molar-refractivity contribution in [3.8, 4) is 0 Å². The maximum atomic E-state index is 13.3. The number of benzene rings is 1. The normalized spacial score (nSPS) is 10.6. The van der Waals surface area contributed by atoms with E-state index in [9.17, 15) is 9.18 Å². The second kappa shape index (κ2) is 3.12. The van der Waals surface area contributed by atoms with E-state index in [1.807, 2.05) is 0 Å². The first kappa shape index (κ1) is 8.72. The molecule has 1 heterocycles. The van der Waals surface area contributed by atoms with E-state index in [0.29, 0.717) is 26.8 Å². The molecule has 0 aliphatic carbocycles. The zero-order valence-electron chi connectivity index (χ0n) is 6.45. The molecule has 0 N–H and O–H groups in total. The molecular formula is C9H5FOS2. The maximum absolute atomic E-state index is 13.3. The first-order valence-electron chi connectivity index (χ1n) is 3.57. The van der Waals surface area contributed by atoms with Gasteiger partial charge >= 0.3 is 0 Å². The van der Waals surface area contributed by atoms with Crippen LogP contribution >= 0.6 is 24.0 Å². The summed E-state index contributed by atoms with van der Waals surface area (Å²) >= 11 is 5.46. The summed E-state index contributed by atoms with van der Waals surface area (Å²) in [6.45, 7) is 0. The molecule has 2 rings (SSSR count). The van der Waals surface area contributed by atoms with Gasteiger partial charge in [0.05, 0.1) is 4.70 Å². The van der Waals surface area contributed by atoms with Crippen LogP contribution in [0, 0.1) is 5.82 Å². The van der Waals surface area contributed by atoms with Crippen molar-refractivity contribution in [1.82, 2.24) is 0 Å². The predicted molar refractivity (Wildman–Crippen MR) is 54.4 cm³/mol. The van der Waals surface area contributed by atoms with Crippen molar-refractivity contribution in [1.29, 1.82) is 0 Å². The number of aldehydes is 1. The summed E-state index contributed by atoms with van der Waals surface area (Å²) in [5.74, 6) is -0.357. The second-order valence-electron chi connectivity index (χ2n) is 2.62. The highest BCUT2D eigenvalue weighted by Gasteiger charge is 2.07. The smallest absolute Gasteiger partial charge is 0.150 e. The first-order chi connectivity index (χ1) is 6.22. The van der Waals surface area contributed by atoms with Gasteiger partial charge in [-0.15, -0.1) is 24.0 Å². The minimum absolute atomic E-state index is 0.346. The van der Waals surface area contributed by atoms with Gasteiger partial charge < -0.3 is 0 Å². The number of carbonyl (C=O) groups is 1. The summed E-state index contributed by atoms with van der Waals surface area (Å²) < 4.78 is 13.8. The summed E-state index contributed by atoms with van der Waals surface area (Å²) in [6.07, 6.45) is 0.632. The van der Waals surface area contributed by atoms with Crippen molar-refractivity contribution >= 4 is 40.3 Å². The fraction of sp³-hybridized carbons (Fsp3) is 0. The number of hydrogen-bond donors (Lipinski definition) is 1. The molecule has 0 unspecified atom stereocenters. The van der Waals surface area contributed by atoms with E-state index in [-0.39, 0.29) is 5.82 Å². The van der Waals surface area contributed by atoms with Crippen LogP contribution in [0.4, 0.5) is 4.39 Å². The number of thiol groups is 1. The lowest BCUT2D eigenvalue weighted by Gasteiger charge is -1.95. The van der Waals surface area contributed by atoms with Crippen LogP contribution < -0.4 is 0 Å². The molecule has 0 saturated heterocycles. The van der Waals surface area contributed by atoms with Gasteiger partial charge in [0.15, 0.2) is 0 Å². The average molecular weight is 212 g/mol. The highest BCUT2D eigenvalue weighted by Crippen LogP contribution is 2.31. The molecule has 1 nitrogen and oxygen atoms in total. The second-order valence-corrected chi connectivity index (χ2v) is 3.98. The molecule has 0 atom stereocenters. The third kappa shape index (κ3) is 1.36. The Morgan fingerprint density at radius 3 is 2.92 bits per heavy atom. The standard InChI is InChI=1S/C9H5FOS2/c10-7-2-5(3-11)1-6-8(12)4-13-9(6)7/h1-4,12H. The van der Waals surface area contributed by atoms with Crippen LogP contribution in [0.15, 0.2) is 22.4 Å².